The van der Waals surface area contributed by atoms with E-state index in [4.69, 9.17) is 0 Å². The Bertz CT molecular complexity index is 48.0. The molecule has 1 fully saturated rings. The molecule has 1 rings (SSSR count). The maximum atomic E-state index is 4.27. The summed E-state index contributed by atoms with van der Waals surface area (Å²) in [5, 5.41) is 7.51. The summed E-state index contributed by atoms with van der Waals surface area (Å²) >= 11 is 0. The average Bonchev–Trinajstić information content (AvgIpc) is 1.69. The van der Waals surface area contributed by atoms with Crippen LogP contribution in [0.5, 0.6) is 0 Å². The smallest absolute Gasteiger partial charge is 0.0343 e. The van der Waals surface area contributed by atoms with Gasteiger partial charge in [-0.25, -0.2) is 5.32 Å². The molecular formula is C5H11N2. The predicted octanol–water partition coefficient (Wildman–Crippen LogP) is -0.417. The minimum Gasteiger partial charge on any atom is -0.314 e. The third kappa shape index (κ3) is 1.45. The second kappa shape index (κ2) is 2.28. The molecule has 1 radical (unpaired) electrons. The molecular weight excluding hydrogens is 88.1 g/mol. The van der Waals surface area contributed by atoms with Crippen molar-refractivity contribution in [2.75, 3.05) is 19.6 Å². The summed E-state index contributed by atoms with van der Waals surface area (Å²) in [6.45, 7) is 5.28. The first-order chi connectivity index (χ1) is 3.39. The predicted molar refractivity (Wildman–Crippen MR) is 29.3 cm³/mol. The lowest BCUT2D eigenvalue weighted by atomic mass is 10.3. The van der Waals surface area contributed by atoms with Gasteiger partial charge in [-0.1, -0.05) is 0 Å². The lowest BCUT2D eigenvalue weighted by Crippen LogP contribution is -2.42. The zero-order chi connectivity index (χ0) is 5.11. The standard InChI is InChI=1S/C5H11N2/c1-5-4-6-2-3-7-5/h5-6H,2-4H2,1H3. The van der Waals surface area contributed by atoms with Crippen LogP contribution in [0.25, 0.3) is 0 Å². The molecule has 0 spiro atoms. The van der Waals surface area contributed by atoms with Crippen LogP contribution in [0.1, 0.15) is 6.92 Å². The third-order valence-electron chi connectivity index (χ3n) is 1.17. The minimum absolute atomic E-state index is 0.550. The number of hydrogen-bond donors (Lipinski definition) is 1. The lowest BCUT2D eigenvalue weighted by molar-refractivity contribution is 0.434. The molecule has 7 heavy (non-hydrogen) atoms. The molecule has 2 heteroatoms. The van der Waals surface area contributed by atoms with Crippen molar-refractivity contribution < 1.29 is 0 Å². The van der Waals surface area contributed by atoms with Crippen molar-refractivity contribution in [3.63, 3.8) is 0 Å². The van der Waals surface area contributed by atoms with Crippen LogP contribution < -0.4 is 10.6 Å². The first kappa shape index (κ1) is 5.06. The fraction of sp³-hybridized carbons (Fsp3) is 1.00. The number of piperazine rings is 1. The summed E-state index contributed by atoms with van der Waals surface area (Å²) < 4.78 is 0. The molecule has 1 saturated heterocycles. The van der Waals surface area contributed by atoms with Crippen LogP contribution in [-0.4, -0.2) is 25.7 Å². The molecule has 41 valence electrons. The van der Waals surface area contributed by atoms with Gasteiger partial charge >= 0.3 is 0 Å². The number of nitrogens with one attached hydrogen (secondary N) is 1. The van der Waals surface area contributed by atoms with Gasteiger partial charge in [0, 0.05) is 25.7 Å². The van der Waals surface area contributed by atoms with Crippen molar-refractivity contribution in [1.29, 1.82) is 0 Å². The van der Waals surface area contributed by atoms with Crippen LogP contribution >= 0.6 is 0 Å². The van der Waals surface area contributed by atoms with Crippen molar-refractivity contribution in [3.05, 3.63) is 0 Å². The fourth-order valence-electron chi connectivity index (χ4n) is 0.739. The molecule has 0 aromatic rings. The Morgan fingerprint density at radius 1 is 1.71 bits per heavy atom. The van der Waals surface area contributed by atoms with Crippen molar-refractivity contribution >= 4 is 0 Å². The molecule has 1 N–H and O–H groups in total. The summed E-state index contributed by atoms with van der Waals surface area (Å²) in [4.78, 5) is 0. The van der Waals surface area contributed by atoms with Gasteiger partial charge < -0.3 is 5.32 Å². The highest BCUT2D eigenvalue weighted by molar-refractivity contribution is 4.68. The minimum atomic E-state index is 0.550. The van der Waals surface area contributed by atoms with Gasteiger partial charge in [0.2, 0.25) is 0 Å². The van der Waals surface area contributed by atoms with E-state index in [2.05, 4.69) is 17.6 Å². The van der Waals surface area contributed by atoms with Crippen molar-refractivity contribution in [2.45, 2.75) is 13.0 Å². The molecule has 1 unspecified atom stereocenters. The summed E-state index contributed by atoms with van der Waals surface area (Å²) in [5.74, 6) is 0. The number of hydrogen-bond acceptors (Lipinski definition) is 1. The topological polar surface area (TPSA) is 26.1 Å². The number of nitrogens with zero attached hydrogens (tertiary/aromatic N) is 1. The van der Waals surface area contributed by atoms with E-state index in [0.29, 0.717) is 6.04 Å². The normalized spacial score (nSPS) is 33.0. The molecule has 0 bridgehead atoms. The van der Waals surface area contributed by atoms with E-state index >= 15 is 0 Å². The van der Waals surface area contributed by atoms with Crippen molar-refractivity contribution in [2.24, 2.45) is 0 Å². The Kier molecular flexibility index (Phi) is 1.65. The van der Waals surface area contributed by atoms with Gasteiger partial charge in [0.1, 0.15) is 0 Å². The van der Waals surface area contributed by atoms with Crippen LogP contribution in [0, 0.1) is 0 Å². The Labute approximate surface area is 44.3 Å². The number of rotatable bonds is 0. The molecule has 2 nitrogen and oxygen atoms in total. The van der Waals surface area contributed by atoms with Gasteiger partial charge in [-0.05, 0) is 6.92 Å². The molecule has 0 aliphatic carbocycles. The van der Waals surface area contributed by atoms with E-state index in [1.807, 2.05) is 0 Å². The van der Waals surface area contributed by atoms with Gasteiger partial charge in [-0.15, -0.1) is 0 Å². The van der Waals surface area contributed by atoms with Gasteiger partial charge in [0.05, 0.1) is 0 Å². The Balaban J connectivity index is 2.12. The summed E-state index contributed by atoms with van der Waals surface area (Å²) in [6.07, 6.45) is 0. The molecule has 0 aromatic heterocycles. The Morgan fingerprint density at radius 3 is 2.86 bits per heavy atom. The monoisotopic (exact) mass is 99.1 g/mol. The van der Waals surface area contributed by atoms with E-state index in [1.54, 1.807) is 0 Å². The van der Waals surface area contributed by atoms with Crippen LogP contribution in [0.3, 0.4) is 0 Å². The summed E-state index contributed by atoms with van der Waals surface area (Å²) in [5.41, 5.74) is 0. The van der Waals surface area contributed by atoms with E-state index in [9.17, 15) is 0 Å². The van der Waals surface area contributed by atoms with Gasteiger partial charge in [0.15, 0.2) is 0 Å². The summed E-state index contributed by atoms with van der Waals surface area (Å²) in [7, 11) is 0. The third-order valence-corrected chi connectivity index (χ3v) is 1.17. The average molecular weight is 99.2 g/mol. The molecule has 1 atom stereocenters. The van der Waals surface area contributed by atoms with E-state index in [0.717, 1.165) is 19.6 Å². The zero-order valence-corrected chi connectivity index (χ0v) is 4.65. The second-order valence-electron chi connectivity index (χ2n) is 1.96. The van der Waals surface area contributed by atoms with Crippen LogP contribution in [0.2, 0.25) is 0 Å². The second-order valence-corrected chi connectivity index (χ2v) is 1.96. The lowest BCUT2D eigenvalue weighted by Gasteiger charge is -2.17. The molecule has 1 aliphatic heterocycles. The van der Waals surface area contributed by atoms with Gasteiger partial charge in [-0.3, -0.25) is 0 Å². The van der Waals surface area contributed by atoms with Crippen LogP contribution in [0.4, 0.5) is 0 Å². The molecule has 0 amide bonds. The fourth-order valence-corrected chi connectivity index (χ4v) is 0.739. The van der Waals surface area contributed by atoms with Gasteiger partial charge in [0.25, 0.3) is 0 Å². The van der Waals surface area contributed by atoms with E-state index in [1.165, 1.54) is 0 Å². The van der Waals surface area contributed by atoms with Crippen LogP contribution in [-0.2, 0) is 0 Å². The highest BCUT2D eigenvalue weighted by atomic mass is 15.0. The molecule has 1 aliphatic rings. The first-order valence-corrected chi connectivity index (χ1v) is 2.77. The molecule has 0 aromatic carbocycles. The quantitative estimate of drug-likeness (QED) is 0.438. The largest absolute Gasteiger partial charge is 0.314 e. The highest BCUT2D eigenvalue weighted by Gasteiger charge is 2.04. The van der Waals surface area contributed by atoms with E-state index < -0.39 is 0 Å². The maximum absolute atomic E-state index is 4.27. The highest BCUT2D eigenvalue weighted by Crippen LogP contribution is 1.83. The maximum Gasteiger partial charge on any atom is 0.0343 e. The first-order valence-electron chi connectivity index (χ1n) is 2.77. The van der Waals surface area contributed by atoms with Gasteiger partial charge in [-0.2, -0.15) is 0 Å². The zero-order valence-electron chi connectivity index (χ0n) is 4.65. The summed E-state index contributed by atoms with van der Waals surface area (Å²) in [6, 6.07) is 0.550. The van der Waals surface area contributed by atoms with Crippen molar-refractivity contribution in [1.82, 2.24) is 10.6 Å². The SMILES string of the molecule is CC1CNCC[N]1. The Morgan fingerprint density at radius 2 is 2.57 bits per heavy atom. The van der Waals surface area contributed by atoms with Crippen LogP contribution in [0.15, 0.2) is 0 Å². The Hall–Kier alpha value is -0.0800. The molecule has 0 saturated carbocycles. The molecule has 1 heterocycles. The van der Waals surface area contributed by atoms with E-state index in [-0.39, 0.29) is 0 Å². The van der Waals surface area contributed by atoms with Crippen molar-refractivity contribution in [3.8, 4) is 0 Å².